The van der Waals surface area contributed by atoms with Crippen LogP contribution in [0.3, 0.4) is 0 Å². The molecule has 0 aliphatic carbocycles. The molecule has 33 heavy (non-hydrogen) atoms. The van der Waals surface area contributed by atoms with Crippen molar-refractivity contribution in [1.29, 1.82) is 0 Å². The van der Waals surface area contributed by atoms with Crippen LogP contribution in [0.4, 0.5) is 0 Å². The molecule has 0 fully saturated rings. The van der Waals surface area contributed by atoms with E-state index in [2.05, 4.69) is 19.9 Å². The van der Waals surface area contributed by atoms with Gasteiger partial charge in [-0.1, -0.05) is 121 Å². The molecule has 0 spiro atoms. The summed E-state index contributed by atoms with van der Waals surface area (Å²) in [6.07, 6.45) is 18.6. The van der Waals surface area contributed by atoms with E-state index in [1.165, 1.54) is 70.6 Å². The zero-order chi connectivity index (χ0) is 23.2. The third-order valence-electron chi connectivity index (χ3n) is 6.53. The fraction of sp³-hybridized carbons (Fsp3) is 0.643. The van der Waals surface area contributed by atoms with E-state index in [-0.39, 0.29) is 32.2 Å². The van der Waals surface area contributed by atoms with Crippen LogP contribution in [-0.2, 0) is 23.0 Å². The molecular formula is C28H44O3PbS. The largest absolute Gasteiger partial charge is 0.295 e. The zero-order valence-electron chi connectivity index (χ0n) is 20.9. The number of hydrogen-bond acceptors (Lipinski definition) is 2. The van der Waals surface area contributed by atoms with Crippen LogP contribution in [0.5, 0.6) is 0 Å². The molecule has 184 valence electrons. The fourth-order valence-electron chi connectivity index (χ4n) is 4.74. The second-order valence-corrected chi connectivity index (χ2v) is 10.6. The second-order valence-electron chi connectivity index (χ2n) is 9.28. The van der Waals surface area contributed by atoms with Crippen molar-refractivity contribution in [2.24, 2.45) is 0 Å². The van der Waals surface area contributed by atoms with Gasteiger partial charge >= 0.3 is 0 Å². The average Bonchev–Trinajstić information content (AvgIpc) is 2.76. The van der Waals surface area contributed by atoms with E-state index in [0.29, 0.717) is 5.39 Å². The molecule has 3 nitrogen and oxygen atoms in total. The number of rotatable bonds is 17. The van der Waals surface area contributed by atoms with Gasteiger partial charge in [-0.2, -0.15) is 8.42 Å². The van der Waals surface area contributed by atoms with Gasteiger partial charge in [0.1, 0.15) is 4.90 Å². The predicted molar refractivity (Wildman–Crippen MR) is 143 cm³/mol. The quantitative estimate of drug-likeness (QED) is 0.105. The van der Waals surface area contributed by atoms with Crippen molar-refractivity contribution in [3.63, 3.8) is 0 Å². The van der Waals surface area contributed by atoms with E-state index in [0.717, 1.165) is 48.6 Å². The maximum absolute atomic E-state index is 12.5. The molecule has 2 aromatic rings. The van der Waals surface area contributed by atoms with Gasteiger partial charge in [-0.3, -0.25) is 4.55 Å². The number of aryl methyl sites for hydroxylation is 1. The summed E-state index contributed by atoms with van der Waals surface area (Å²) in [6, 6.07) is 9.73. The van der Waals surface area contributed by atoms with E-state index in [4.69, 9.17) is 0 Å². The van der Waals surface area contributed by atoms with Crippen molar-refractivity contribution >= 4 is 48.2 Å². The van der Waals surface area contributed by atoms with Gasteiger partial charge in [0.15, 0.2) is 0 Å². The van der Waals surface area contributed by atoms with Crippen LogP contribution in [0, 0.1) is 0 Å². The van der Waals surface area contributed by atoms with Crippen molar-refractivity contribution in [3.05, 3.63) is 41.5 Å². The summed E-state index contributed by atoms with van der Waals surface area (Å²) < 4.78 is 35.1. The monoisotopic (exact) mass is 668 g/mol. The first kappa shape index (κ1) is 30.6. The Labute approximate surface area is 223 Å². The van der Waals surface area contributed by atoms with Crippen molar-refractivity contribution in [2.75, 3.05) is 0 Å². The molecule has 0 bridgehead atoms. The average molecular weight is 668 g/mol. The molecule has 0 atom stereocenters. The van der Waals surface area contributed by atoms with Gasteiger partial charge in [-0.05, 0) is 42.2 Å². The third kappa shape index (κ3) is 10.8. The summed E-state index contributed by atoms with van der Waals surface area (Å²) in [7, 11) is -4.28. The minimum atomic E-state index is -4.28. The minimum absolute atomic E-state index is 0. The first-order valence-corrected chi connectivity index (χ1v) is 14.4. The third-order valence-corrected chi connectivity index (χ3v) is 7.52. The maximum Gasteiger partial charge on any atom is 0.295 e. The fourth-order valence-corrected chi connectivity index (χ4v) is 5.74. The number of fused-ring (bicyclic) bond motifs is 1. The van der Waals surface area contributed by atoms with E-state index in [9.17, 15) is 13.0 Å². The van der Waals surface area contributed by atoms with Crippen molar-refractivity contribution in [1.82, 2.24) is 0 Å². The zero-order valence-corrected chi connectivity index (χ0v) is 25.6. The van der Waals surface area contributed by atoms with E-state index in [1.54, 1.807) is 0 Å². The maximum atomic E-state index is 12.5. The summed E-state index contributed by atoms with van der Waals surface area (Å²) in [4.78, 5) is 0.152. The summed E-state index contributed by atoms with van der Waals surface area (Å²) in [5, 5.41) is 1.55. The molecule has 4 radical (unpaired) electrons. The van der Waals surface area contributed by atoms with Crippen LogP contribution in [0.2, 0.25) is 0 Å². The smallest absolute Gasteiger partial charge is 0.282 e. The Hall–Kier alpha value is -0.468. The molecule has 0 saturated heterocycles. The Morgan fingerprint density at radius 2 is 1.18 bits per heavy atom. The number of unbranched alkanes of at least 4 members (excludes halogenated alkanes) is 12. The summed E-state index contributed by atoms with van der Waals surface area (Å²) in [5.74, 6) is 0. The first-order valence-electron chi connectivity index (χ1n) is 13.0. The van der Waals surface area contributed by atoms with Gasteiger partial charge in [-0.25, -0.2) is 0 Å². The van der Waals surface area contributed by atoms with Gasteiger partial charge in [0.2, 0.25) is 0 Å². The molecule has 0 aromatic heterocycles. The summed E-state index contributed by atoms with van der Waals surface area (Å²) in [5.41, 5.74) is 1.96. The standard InChI is InChI=1S/C28H44O3S.Pb/c1-3-5-7-9-11-13-15-19-24-23-25-20-17-18-22-27(25)28(32(29,30)31)26(24)21-16-14-12-10-8-6-4-2;/h17-18,20,22-23H,3-16,19,21H2,1-2H3,(H,29,30,31);. The van der Waals surface area contributed by atoms with Crippen LogP contribution in [0.15, 0.2) is 35.2 Å². The Balaban J connectivity index is 0.00000544. The molecule has 2 rings (SSSR count). The molecule has 0 aliphatic heterocycles. The Bertz CT molecular complexity index is 909. The van der Waals surface area contributed by atoms with Gasteiger partial charge < -0.3 is 0 Å². The van der Waals surface area contributed by atoms with Crippen LogP contribution in [-0.4, -0.2) is 40.3 Å². The summed E-state index contributed by atoms with van der Waals surface area (Å²) in [6.45, 7) is 4.46. The number of hydrogen-bond donors (Lipinski definition) is 1. The predicted octanol–water partition coefficient (Wildman–Crippen LogP) is 8.29. The molecule has 5 heteroatoms. The first-order chi connectivity index (χ1) is 15.5. The van der Waals surface area contributed by atoms with E-state index in [1.807, 2.05) is 24.3 Å². The topological polar surface area (TPSA) is 54.4 Å². The normalized spacial score (nSPS) is 11.6. The van der Waals surface area contributed by atoms with E-state index < -0.39 is 10.1 Å². The van der Waals surface area contributed by atoms with E-state index >= 15 is 0 Å². The Morgan fingerprint density at radius 3 is 1.73 bits per heavy atom. The molecule has 0 saturated carbocycles. The number of benzene rings is 2. The van der Waals surface area contributed by atoms with Gasteiger partial charge in [0.05, 0.1) is 0 Å². The Kier molecular flexibility index (Phi) is 15.8. The SMILES string of the molecule is CCCCCCCCCc1cc2ccccc2c(S(=O)(=O)O)c1CCCCCCCCC.[Pb]. The van der Waals surface area contributed by atoms with Crippen LogP contribution in [0.25, 0.3) is 10.8 Å². The van der Waals surface area contributed by atoms with Crippen LogP contribution in [0.1, 0.15) is 115 Å². The van der Waals surface area contributed by atoms with Crippen molar-refractivity contribution < 1.29 is 13.0 Å². The molecule has 0 aliphatic rings. The molecular weight excluding hydrogens is 624 g/mol. The minimum Gasteiger partial charge on any atom is -0.282 e. The molecule has 1 N–H and O–H groups in total. The second kappa shape index (κ2) is 17.0. The van der Waals surface area contributed by atoms with Crippen LogP contribution < -0.4 is 0 Å². The van der Waals surface area contributed by atoms with Gasteiger partial charge in [-0.15, -0.1) is 0 Å². The van der Waals surface area contributed by atoms with Crippen molar-refractivity contribution in [3.8, 4) is 0 Å². The molecule has 2 aromatic carbocycles. The van der Waals surface area contributed by atoms with Crippen molar-refractivity contribution in [2.45, 2.75) is 121 Å². The molecule has 0 heterocycles. The molecule has 0 unspecified atom stereocenters. The molecule has 0 amide bonds. The van der Waals surface area contributed by atoms with Crippen LogP contribution >= 0.6 is 0 Å². The Morgan fingerprint density at radius 1 is 0.697 bits per heavy atom. The van der Waals surface area contributed by atoms with Gasteiger partial charge in [0.25, 0.3) is 10.1 Å². The summed E-state index contributed by atoms with van der Waals surface area (Å²) >= 11 is 0. The van der Waals surface area contributed by atoms with Gasteiger partial charge in [0, 0.05) is 32.7 Å².